The van der Waals surface area contributed by atoms with E-state index in [4.69, 9.17) is 21.5 Å². The molecule has 0 radical (unpaired) electrons. The molecule has 23 heavy (non-hydrogen) atoms. The monoisotopic (exact) mass is 362 g/mol. The van der Waals surface area contributed by atoms with Gasteiger partial charge in [-0.05, 0) is 31.2 Å². The molecule has 0 unspecified atom stereocenters. The van der Waals surface area contributed by atoms with Crippen LogP contribution in [-0.4, -0.2) is 58.3 Å². The molecule has 0 fully saturated rings. The fraction of sp³-hybridized carbons (Fsp3) is 0.500. The van der Waals surface area contributed by atoms with E-state index in [1.54, 1.807) is 24.3 Å². The lowest BCUT2D eigenvalue weighted by Crippen LogP contribution is -2.41. The molecule has 0 saturated heterocycles. The first-order valence-electron chi connectivity index (χ1n) is 7.20. The molecule has 0 bridgehead atoms. The third-order valence-corrected chi connectivity index (χ3v) is 3.85. The number of nitrogens with zero attached hydrogens (tertiary/aromatic N) is 2. The van der Waals surface area contributed by atoms with Crippen LogP contribution < -0.4 is 15.2 Å². The number of guanidine groups is 1. The molecular formula is C14H23ClN4O3S. The number of halogens is 1. The molecule has 0 spiro atoms. The number of nitrogens with two attached hydrogens (primary N) is 1. The summed E-state index contributed by atoms with van der Waals surface area (Å²) in [6.45, 7) is 3.77. The van der Waals surface area contributed by atoms with Crippen molar-refractivity contribution in [1.29, 1.82) is 0 Å². The van der Waals surface area contributed by atoms with E-state index in [1.165, 1.54) is 0 Å². The standard InChI is InChI=1S/C14H23ClN4O3S/c1-3-17-14(18-8-11-23(16,20)21)19(2)9-10-22-13-6-4-12(15)5-7-13/h4-7H,3,8-11H2,1-2H3,(H,17,18)(H2,16,20,21). The molecule has 7 nitrogen and oxygen atoms in total. The van der Waals surface area contributed by atoms with Crippen LogP contribution in [0, 0.1) is 0 Å². The molecule has 1 aromatic carbocycles. The first kappa shape index (κ1) is 19.5. The Morgan fingerprint density at radius 2 is 2.04 bits per heavy atom. The van der Waals surface area contributed by atoms with Crippen molar-refractivity contribution in [2.24, 2.45) is 10.1 Å². The van der Waals surface area contributed by atoms with Gasteiger partial charge in [0.05, 0.1) is 18.8 Å². The Balaban J connectivity index is 2.48. The van der Waals surface area contributed by atoms with Crippen LogP contribution in [0.2, 0.25) is 5.02 Å². The molecule has 9 heteroatoms. The van der Waals surface area contributed by atoms with E-state index in [0.29, 0.717) is 30.7 Å². The van der Waals surface area contributed by atoms with Gasteiger partial charge in [0.15, 0.2) is 5.96 Å². The molecule has 0 aliphatic rings. The van der Waals surface area contributed by atoms with Crippen molar-refractivity contribution in [2.75, 3.05) is 39.0 Å². The average Bonchev–Trinajstić information content (AvgIpc) is 2.47. The van der Waals surface area contributed by atoms with Crippen molar-refractivity contribution in [3.05, 3.63) is 29.3 Å². The number of benzene rings is 1. The Labute approximate surface area is 142 Å². The molecule has 3 N–H and O–H groups in total. The van der Waals surface area contributed by atoms with Gasteiger partial charge in [-0.3, -0.25) is 4.99 Å². The zero-order valence-electron chi connectivity index (χ0n) is 13.3. The van der Waals surface area contributed by atoms with E-state index >= 15 is 0 Å². The molecular weight excluding hydrogens is 340 g/mol. The lowest BCUT2D eigenvalue weighted by atomic mass is 10.3. The van der Waals surface area contributed by atoms with Gasteiger partial charge in [-0.25, -0.2) is 13.6 Å². The molecule has 0 aromatic heterocycles. The number of hydrogen-bond acceptors (Lipinski definition) is 4. The highest BCUT2D eigenvalue weighted by Gasteiger charge is 2.07. The third kappa shape index (κ3) is 8.63. The Bertz CT molecular complexity index is 605. The van der Waals surface area contributed by atoms with E-state index in [2.05, 4.69) is 10.3 Å². The Kier molecular flexibility index (Phi) is 8.15. The minimum absolute atomic E-state index is 0.115. The maximum absolute atomic E-state index is 10.9. The van der Waals surface area contributed by atoms with Gasteiger partial charge in [-0.1, -0.05) is 11.6 Å². The van der Waals surface area contributed by atoms with Crippen molar-refractivity contribution in [1.82, 2.24) is 10.2 Å². The van der Waals surface area contributed by atoms with Crippen molar-refractivity contribution in [2.45, 2.75) is 6.92 Å². The van der Waals surface area contributed by atoms with Gasteiger partial charge in [-0.2, -0.15) is 0 Å². The van der Waals surface area contributed by atoms with Crippen LogP contribution in [0.3, 0.4) is 0 Å². The van der Waals surface area contributed by atoms with Gasteiger partial charge in [0.1, 0.15) is 12.4 Å². The summed E-state index contributed by atoms with van der Waals surface area (Å²) in [6, 6.07) is 7.13. The molecule has 0 saturated carbocycles. The first-order chi connectivity index (χ1) is 10.8. The van der Waals surface area contributed by atoms with Crippen LogP contribution in [0.1, 0.15) is 6.92 Å². The summed E-state index contributed by atoms with van der Waals surface area (Å²) in [6.07, 6.45) is 0. The van der Waals surface area contributed by atoms with Crippen molar-refractivity contribution < 1.29 is 13.2 Å². The molecule has 0 aliphatic carbocycles. The number of rotatable bonds is 8. The molecule has 1 aromatic rings. The van der Waals surface area contributed by atoms with Gasteiger partial charge < -0.3 is 15.0 Å². The lowest BCUT2D eigenvalue weighted by molar-refractivity contribution is 0.281. The summed E-state index contributed by atoms with van der Waals surface area (Å²) in [5, 5.41) is 8.72. The molecule has 0 atom stereocenters. The van der Waals surface area contributed by atoms with Crippen LogP contribution in [0.5, 0.6) is 5.75 Å². The summed E-state index contributed by atoms with van der Waals surface area (Å²) in [4.78, 5) is 6.10. The van der Waals surface area contributed by atoms with E-state index in [9.17, 15) is 8.42 Å². The van der Waals surface area contributed by atoms with E-state index in [0.717, 1.165) is 5.75 Å². The number of aliphatic imine (C=N–C) groups is 1. The lowest BCUT2D eigenvalue weighted by Gasteiger charge is -2.22. The zero-order valence-corrected chi connectivity index (χ0v) is 14.9. The number of ether oxygens (including phenoxy) is 1. The third-order valence-electron chi connectivity index (χ3n) is 2.84. The topological polar surface area (TPSA) is 97.0 Å². The average molecular weight is 363 g/mol. The Morgan fingerprint density at radius 3 is 2.61 bits per heavy atom. The number of sulfonamides is 1. The van der Waals surface area contributed by atoms with Crippen LogP contribution in [-0.2, 0) is 10.0 Å². The Hall–Kier alpha value is -1.51. The summed E-state index contributed by atoms with van der Waals surface area (Å²) in [7, 11) is -1.65. The minimum atomic E-state index is -3.51. The summed E-state index contributed by atoms with van der Waals surface area (Å²) in [5.74, 6) is 1.16. The second-order valence-electron chi connectivity index (χ2n) is 4.83. The van der Waals surface area contributed by atoms with Crippen molar-refractivity contribution >= 4 is 27.6 Å². The Morgan fingerprint density at radius 1 is 1.39 bits per heavy atom. The van der Waals surface area contributed by atoms with Crippen molar-refractivity contribution in [3.8, 4) is 5.75 Å². The largest absolute Gasteiger partial charge is 0.492 e. The first-order valence-corrected chi connectivity index (χ1v) is 9.29. The SMILES string of the molecule is CCNC(=NCCS(N)(=O)=O)N(C)CCOc1ccc(Cl)cc1. The van der Waals surface area contributed by atoms with E-state index in [1.807, 2.05) is 18.9 Å². The zero-order chi connectivity index (χ0) is 17.3. The van der Waals surface area contributed by atoms with Crippen molar-refractivity contribution in [3.63, 3.8) is 0 Å². The molecule has 130 valence electrons. The van der Waals surface area contributed by atoms with Gasteiger partial charge in [0.2, 0.25) is 10.0 Å². The number of nitrogens with one attached hydrogen (secondary N) is 1. The molecule has 0 amide bonds. The second kappa shape index (κ2) is 9.59. The maximum atomic E-state index is 10.9. The number of hydrogen-bond donors (Lipinski definition) is 2. The van der Waals surface area contributed by atoms with Crippen LogP contribution in [0.25, 0.3) is 0 Å². The van der Waals surface area contributed by atoms with Gasteiger partial charge in [0.25, 0.3) is 0 Å². The fourth-order valence-corrected chi connectivity index (χ4v) is 2.16. The quantitative estimate of drug-likeness (QED) is 0.529. The highest BCUT2D eigenvalue weighted by atomic mass is 35.5. The highest BCUT2D eigenvalue weighted by molar-refractivity contribution is 7.89. The smallest absolute Gasteiger partial charge is 0.210 e. The second-order valence-corrected chi connectivity index (χ2v) is 7.00. The maximum Gasteiger partial charge on any atom is 0.210 e. The predicted octanol–water partition coefficient (Wildman–Crippen LogP) is 0.905. The highest BCUT2D eigenvalue weighted by Crippen LogP contribution is 2.15. The predicted molar refractivity (Wildman–Crippen MR) is 93.5 cm³/mol. The summed E-state index contributed by atoms with van der Waals surface area (Å²) >= 11 is 5.81. The van der Waals surface area contributed by atoms with Gasteiger partial charge in [0, 0.05) is 18.6 Å². The number of primary sulfonamides is 1. The summed E-state index contributed by atoms with van der Waals surface area (Å²) in [5.41, 5.74) is 0. The number of likely N-dealkylation sites (N-methyl/N-ethyl adjacent to an activating group) is 1. The fourth-order valence-electron chi connectivity index (χ4n) is 1.69. The van der Waals surface area contributed by atoms with Gasteiger partial charge in [-0.15, -0.1) is 0 Å². The van der Waals surface area contributed by atoms with Crippen LogP contribution in [0.4, 0.5) is 0 Å². The van der Waals surface area contributed by atoms with Gasteiger partial charge >= 0.3 is 0 Å². The minimum Gasteiger partial charge on any atom is -0.492 e. The normalized spacial score (nSPS) is 12.1. The van der Waals surface area contributed by atoms with E-state index in [-0.39, 0.29) is 12.3 Å². The summed E-state index contributed by atoms with van der Waals surface area (Å²) < 4.78 is 27.5. The van der Waals surface area contributed by atoms with Crippen LogP contribution >= 0.6 is 11.6 Å². The van der Waals surface area contributed by atoms with Crippen LogP contribution in [0.15, 0.2) is 29.3 Å². The molecule has 1 rings (SSSR count). The van der Waals surface area contributed by atoms with E-state index < -0.39 is 10.0 Å². The molecule has 0 heterocycles. The molecule has 0 aliphatic heterocycles.